The van der Waals surface area contributed by atoms with E-state index in [4.69, 9.17) is 9.31 Å². The molecule has 4 nitrogen and oxygen atoms in total. The van der Waals surface area contributed by atoms with E-state index in [1.165, 1.54) is 0 Å². The maximum atomic E-state index is 12.2. The summed E-state index contributed by atoms with van der Waals surface area (Å²) in [6.07, 6.45) is 0. The van der Waals surface area contributed by atoms with Gasteiger partial charge in [-0.3, -0.25) is 4.79 Å². The van der Waals surface area contributed by atoms with E-state index in [-0.39, 0.29) is 17.1 Å². The Hall–Kier alpha value is -1.33. The molecule has 1 aromatic rings. The van der Waals surface area contributed by atoms with Crippen molar-refractivity contribution in [2.24, 2.45) is 5.41 Å². The molecule has 0 saturated carbocycles. The van der Waals surface area contributed by atoms with Gasteiger partial charge in [-0.05, 0) is 52.2 Å². The Bertz CT molecular complexity index is 601. The fraction of sp³-hybridized carbons (Fsp3) is 0.611. The standard InChI is InChI=1S/C18H28BNO3/c1-12-9-10-13(20-15(21)16(2,3)4)11-14(12)19-22-17(5,6)18(7,8)23-19/h9-11H,1-8H3,(H,20,21). The summed E-state index contributed by atoms with van der Waals surface area (Å²) in [5, 5.41) is 2.96. The molecule has 126 valence electrons. The molecule has 1 heterocycles. The van der Waals surface area contributed by atoms with Gasteiger partial charge in [0.25, 0.3) is 0 Å². The van der Waals surface area contributed by atoms with Crippen LogP contribution in [0.4, 0.5) is 5.69 Å². The molecule has 0 bridgehead atoms. The van der Waals surface area contributed by atoms with Crippen LogP contribution in [0, 0.1) is 12.3 Å². The van der Waals surface area contributed by atoms with E-state index in [1.807, 2.05) is 73.6 Å². The van der Waals surface area contributed by atoms with E-state index in [0.29, 0.717) is 0 Å². The Kier molecular flexibility index (Phi) is 4.42. The quantitative estimate of drug-likeness (QED) is 0.852. The summed E-state index contributed by atoms with van der Waals surface area (Å²) >= 11 is 0. The Morgan fingerprint density at radius 1 is 1.09 bits per heavy atom. The monoisotopic (exact) mass is 317 g/mol. The van der Waals surface area contributed by atoms with Crippen molar-refractivity contribution in [3.8, 4) is 0 Å². The molecule has 0 spiro atoms. The van der Waals surface area contributed by atoms with Crippen molar-refractivity contribution in [3.63, 3.8) is 0 Å². The third-order valence-electron chi connectivity index (χ3n) is 4.73. The molecule has 0 aromatic heterocycles. The van der Waals surface area contributed by atoms with Crippen molar-refractivity contribution in [1.29, 1.82) is 0 Å². The van der Waals surface area contributed by atoms with Gasteiger partial charge in [0.2, 0.25) is 5.91 Å². The lowest BCUT2D eigenvalue weighted by Gasteiger charge is -2.32. The van der Waals surface area contributed by atoms with Crippen molar-refractivity contribution in [1.82, 2.24) is 0 Å². The third-order valence-corrected chi connectivity index (χ3v) is 4.73. The number of benzene rings is 1. The lowest BCUT2D eigenvalue weighted by atomic mass is 9.76. The van der Waals surface area contributed by atoms with Crippen molar-refractivity contribution in [2.75, 3.05) is 5.32 Å². The fourth-order valence-corrected chi connectivity index (χ4v) is 2.26. The van der Waals surface area contributed by atoms with E-state index >= 15 is 0 Å². The summed E-state index contributed by atoms with van der Waals surface area (Å²) in [5.41, 5.74) is 1.60. The van der Waals surface area contributed by atoms with Gasteiger partial charge < -0.3 is 14.6 Å². The smallest absolute Gasteiger partial charge is 0.399 e. The van der Waals surface area contributed by atoms with E-state index in [0.717, 1.165) is 16.7 Å². The van der Waals surface area contributed by atoms with Gasteiger partial charge in [0.05, 0.1) is 11.2 Å². The molecule has 0 atom stereocenters. The summed E-state index contributed by atoms with van der Waals surface area (Å²) in [6, 6.07) is 5.84. The molecule has 1 fully saturated rings. The van der Waals surface area contributed by atoms with Gasteiger partial charge in [-0.1, -0.05) is 32.4 Å². The summed E-state index contributed by atoms with van der Waals surface area (Å²) in [5.74, 6) is -0.0128. The van der Waals surface area contributed by atoms with Crippen LogP contribution in [0.3, 0.4) is 0 Å². The van der Waals surface area contributed by atoms with Gasteiger partial charge in [-0.15, -0.1) is 0 Å². The van der Waals surface area contributed by atoms with Crippen LogP contribution in [0.15, 0.2) is 18.2 Å². The number of carbonyl (C=O) groups is 1. The highest BCUT2D eigenvalue weighted by Gasteiger charge is 2.52. The van der Waals surface area contributed by atoms with Crippen LogP contribution in [0.2, 0.25) is 0 Å². The molecular formula is C18H28BNO3. The Balaban J connectivity index is 2.28. The molecule has 2 rings (SSSR count). The fourth-order valence-electron chi connectivity index (χ4n) is 2.26. The predicted molar refractivity (Wildman–Crippen MR) is 95.0 cm³/mol. The largest absolute Gasteiger partial charge is 0.495 e. The molecule has 0 aliphatic carbocycles. The zero-order chi connectivity index (χ0) is 17.6. The highest BCUT2D eigenvalue weighted by atomic mass is 16.7. The van der Waals surface area contributed by atoms with Gasteiger partial charge in [0.1, 0.15) is 0 Å². The topological polar surface area (TPSA) is 47.6 Å². The number of anilines is 1. The average molecular weight is 317 g/mol. The Morgan fingerprint density at radius 3 is 2.09 bits per heavy atom. The minimum absolute atomic E-state index is 0.0128. The second kappa shape index (κ2) is 5.64. The molecule has 1 aliphatic rings. The summed E-state index contributed by atoms with van der Waals surface area (Å²) in [7, 11) is -0.425. The molecule has 1 aliphatic heterocycles. The van der Waals surface area contributed by atoms with Crippen LogP contribution in [-0.4, -0.2) is 24.2 Å². The third kappa shape index (κ3) is 3.61. The normalized spacial score (nSPS) is 19.7. The van der Waals surface area contributed by atoms with Crippen molar-refractivity contribution < 1.29 is 14.1 Å². The van der Waals surface area contributed by atoms with Crippen LogP contribution in [-0.2, 0) is 14.1 Å². The highest BCUT2D eigenvalue weighted by molar-refractivity contribution is 6.62. The molecule has 0 radical (unpaired) electrons. The first-order valence-corrected chi connectivity index (χ1v) is 8.11. The minimum Gasteiger partial charge on any atom is -0.399 e. The van der Waals surface area contributed by atoms with Gasteiger partial charge in [-0.2, -0.15) is 0 Å². The number of carbonyl (C=O) groups excluding carboxylic acids is 1. The Labute approximate surface area is 140 Å². The SMILES string of the molecule is Cc1ccc(NC(=O)C(C)(C)C)cc1B1OC(C)(C)C(C)(C)O1. The molecule has 5 heteroatoms. The number of amides is 1. The van der Waals surface area contributed by atoms with Gasteiger partial charge >= 0.3 is 7.12 Å². The number of aryl methyl sites for hydroxylation is 1. The predicted octanol–water partition coefficient (Wildman–Crippen LogP) is 3.28. The first-order chi connectivity index (χ1) is 10.3. The first-order valence-electron chi connectivity index (χ1n) is 8.11. The van der Waals surface area contributed by atoms with Gasteiger partial charge in [0.15, 0.2) is 0 Å². The number of rotatable bonds is 2. The zero-order valence-corrected chi connectivity index (χ0v) is 15.5. The van der Waals surface area contributed by atoms with Crippen LogP contribution >= 0.6 is 0 Å². The van der Waals surface area contributed by atoms with E-state index < -0.39 is 12.5 Å². The van der Waals surface area contributed by atoms with E-state index in [1.54, 1.807) is 0 Å². The molecule has 23 heavy (non-hydrogen) atoms. The van der Waals surface area contributed by atoms with Crippen molar-refractivity contribution >= 4 is 24.2 Å². The van der Waals surface area contributed by atoms with Crippen LogP contribution in [0.5, 0.6) is 0 Å². The minimum atomic E-state index is -0.435. The van der Waals surface area contributed by atoms with E-state index in [9.17, 15) is 4.79 Å². The van der Waals surface area contributed by atoms with Gasteiger partial charge in [0, 0.05) is 11.1 Å². The highest BCUT2D eigenvalue weighted by Crippen LogP contribution is 2.36. The maximum absolute atomic E-state index is 12.2. The lowest BCUT2D eigenvalue weighted by Crippen LogP contribution is -2.41. The molecule has 1 aromatic carbocycles. The number of hydrogen-bond acceptors (Lipinski definition) is 3. The van der Waals surface area contributed by atoms with Crippen LogP contribution in [0.1, 0.15) is 54.0 Å². The van der Waals surface area contributed by atoms with E-state index in [2.05, 4.69) is 5.32 Å². The first kappa shape index (κ1) is 18.0. The molecule has 1 saturated heterocycles. The molecule has 1 N–H and O–H groups in total. The Morgan fingerprint density at radius 2 is 1.61 bits per heavy atom. The average Bonchev–Trinajstić information content (AvgIpc) is 2.59. The molecule has 1 amide bonds. The molecule has 0 unspecified atom stereocenters. The summed E-state index contributed by atoms with van der Waals surface area (Å²) in [4.78, 5) is 12.2. The summed E-state index contributed by atoms with van der Waals surface area (Å²) in [6.45, 7) is 15.8. The number of nitrogens with one attached hydrogen (secondary N) is 1. The lowest BCUT2D eigenvalue weighted by molar-refractivity contribution is -0.123. The second-order valence-electron chi connectivity index (χ2n) is 8.36. The van der Waals surface area contributed by atoms with Crippen LogP contribution < -0.4 is 10.8 Å². The van der Waals surface area contributed by atoms with Crippen molar-refractivity contribution in [3.05, 3.63) is 23.8 Å². The summed E-state index contributed by atoms with van der Waals surface area (Å²) < 4.78 is 12.2. The molecular weight excluding hydrogens is 289 g/mol. The number of hydrogen-bond donors (Lipinski definition) is 1. The van der Waals surface area contributed by atoms with Crippen LogP contribution in [0.25, 0.3) is 0 Å². The second-order valence-corrected chi connectivity index (χ2v) is 8.36. The maximum Gasteiger partial charge on any atom is 0.495 e. The zero-order valence-electron chi connectivity index (χ0n) is 15.5. The van der Waals surface area contributed by atoms with Crippen molar-refractivity contribution in [2.45, 2.75) is 66.6 Å². The van der Waals surface area contributed by atoms with Gasteiger partial charge in [-0.25, -0.2) is 0 Å².